The molecule has 0 unspecified atom stereocenters. The standard InChI is InChI=1S/C13H25NO2/c1-13(2,3)8-12(16)14-9-10-4-6-11(15)7-5-10/h10-11,15H,4-9H2,1-3H3,(H,14,16). The van der Waals surface area contributed by atoms with Crippen molar-refractivity contribution in [1.29, 1.82) is 0 Å². The summed E-state index contributed by atoms with van der Waals surface area (Å²) in [6, 6.07) is 0. The predicted molar refractivity (Wildman–Crippen MR) is 65.0 cm³/mol. The van der Waals surface area contributed by atoms with Gasteiger partial charge < -0.3 is 10.4 Å². The molecule has 3 nitrogen and oxygen atoms in total. The molecule has 0 aromatic carbocycles. The van der Waals surface area contributed by atoms with Crippen molar-refractivity contribution in [3.8, 4) is 0 Å². The number of nitrogens with one attached hydrogen (secondary N) is 1. The third-order valence-electron chi connectivity index (χ3n) is 3.10. The molecular formula is C13H25NO2. The highest BCUT2D eigenvalue weighted by molar-refractivity contribution is 5.76. The zero-order valence-corrected chi connectivity index (χ0v) is 10.8. The number of hydrogen-bond acceptors (Lipinski definition) is 2. The third kappa shape index (κ3) is 5.50. The van der Waals surface area contributed by atoms with Gasteiger partial charge in [0, 0.05) is 13.0 Å². The number of hydrogen-bond donors (Lipinski definition) is 2. The van der Waals surface area contributed by atoms with E-state index in [-0.39, 0.29) is 17.4 Å². The predicted octanol–water partition coefficient (Wildman–Crippen LogP) is 2.09. The lowest BCUT2D eigenvalue weighted by atomic mass is 9.87. The Morgan fingerprint density at radius 3 is 2.31 bits per heavy atom. The summed E-state index contributed by atoms with van der Waals surface area (Å²) in [4.78, 5) is 11.6. The lowest BCUT2D eigenvalue weighted by Crippen LogP contribution is -2.33. The van der Waals surface area contributed by atoms with Crippen molar-refractivity contribution in [3.63, 3.8) is 0 Å². The molecule has 1 fully saturated rings. The molecule has 0 saturated heterocycles. The summed E-state index contributed by atoms with van der Waals surface area (Å²) in [6.07, 6.45) is 4.33. The lowest BCUT2D eigenvalue weighted by Gasteiger charge is -2.26. The van der Waals surface area contributed by atoms with Gasteiger partial charge in [-0.2, -0.15) is 0 Å². The molecule has 1 aliphatic rings. The van der Waals surface area contributed by atoms with E-state index in [1.807, 2.05) is 0 Å². The minimum Gasteiger partial charge on any atom is -0.393 e. The molecule has 1 saturated carbocycles. The van der Waals surface area contributed by atoms with Crippen molar-refractivity contribution in [2.75, 3.05) is 6.54 Å². The maximum Gasteiger partial charge on any atom is 0.220 e. The van der Waals surface area contributed by atoms with Crippen LogP contribution in [0.4, 0.5) is 0 Å². The monoisotopic (exact) mass is 227 g/mol. The Hall–Kier alpha value is -0.570. The summed E-state index contributed by atoms with van der Waals surface area (Å²) in [5, 5.41) is 12.4. The molecule has 1 aliphatic carbocycles. The van der Waals surface area contributed by atoms with Gasteiger partial charge in [-0.25, -0.2) is 0 Å². The Bertz CT molecular complexity index is 225. The molecule has 0 aromatic rings. The van der Waals surface area contributed by atoms with Crippen LogP contribution in [0.1, 0.15) is 52.9 Å². The molecule has 0 aromatic heterocycles. The van der Waals surface area contributed by atoms with Crippen molar-refractivity contribution in [2.24, 2.45) is 11.3 Å². The molecule has 0 atom stereocenters. The number of carbonyl (C=O) groups excluding carboxylic acids is 1. The molecule has 3 heteroatoms. The zero-order chi connectivity index (χ0) is 12.2. The van der Waals surface area contributed by atoms with Crippen LogP contribution < -0.4 is 5.32 Å². The van der Waals surface area contributed by atoms with Gasteiger partial charge in [0.05, 0.1) is 6.10 Å². The summed E-state index contributed by atoms with van der Waals surface area (Å²) < 4.78 is 0. The Kier molecular flexibility index (Phi) is 4.78. The molecule has 1 amide bonds. The highest BCUT2D eigenvalue weighted by Gasteiger charge is 2.21. The van der Waals surface area contributed by atoms with Crippen molar-refractivity contribution in [3.05, 3.63) is 0 Å². The molecule has 0 bridgehead atoms. The van der Waals surface area contributed by atoms with E-state index in [2.05, 4.69) is 26.1 Å². The Morgan fingerprint density at radius 2 is 1.81 bits per heavy atom. The van der Waals surface area contributed by atoms with E-state index in [1.165, 1.54) is 0 Å². The summed E-state index contributed by atoms with van der Waals surface area (Å²) in [7, 11) is 0. The minimum absolute atomic E-state index is 0.0623. The van der Waals surface area contributed by atoms with Crippen LogP contribution in [-0.4, -0.2) is 23.7 Å². The summed E-state index contributed by atoms with van der Waals surface area (Å²) in [5.74, 6) is 0.714. The normalized spacial score (nSPS) is 26.5. The average Bonchev–Trinajstić information content (AvgIpc) is 2.14. The van der Waals surface area contributed by atoms with Gasteiger partial charge in [-0.15, -0.1) is 0 Å². The summed E-state index contributed by atoms with van der Waals surface area (Å²) >= 11 is 0. The molecule has 16 heavy (non-hydrogen) atoms. The van der Waals surface area contributed by atoms with Crippen LogP contribution in [0.15, 0.2) is 0 Å². The second-order valence-corrected chi connectivity index (χ2v) is 6.22. The van der Waals surface area contributed by atoms with Crippen molar-refractivity contribution in [2.45, 2.75) is 59.0 Å². The molecule has 0 spiro atoms. The second-order valence-electron chi connectivity index (χ2n) is 6.22. The SMILES string of the molecule is CC(C)(C)CC(=O)NCC1CCC(O)CC1. The van der Waals surface area contributed by atoms with Crippen LogP contribution in [-0.2, 0) is 4.79 Å². The van der Waals surface area contributed by atoms with Gasteiger partial charge >= 0.3 is 0 Å². The first-order valence-corrected chi connectivity index (χ1v) is 6.31. The topological polar surface area (TPSA) is 49.3 Å². The first-order valence-electron chi connectivity index (χ1n) is 6.31. The van der Waals surface area contributed by atoms with Gasteiger partial charge in [0.1, 0.15) is 0 Å². The maximum absolute atomic E-state index is 11.6. The van der Waals surface area contributed by atoms with Gasteiger partial charge in [0.2, 0.25) is 5.91 Å². The fraction of sp³-hybridized carbons (Fsp3) is 0.923. The Morgan fingerprint density at radius 1 is 1.25 bits per heavy atom. The highest BCUT2D eigenvalue weighted by atomic mass is 16.3. The van der Waals surface area contributed by atoms with E-state index in [1.54, 1.807) is 0 Å². The molecule has 0 aliphatic heterocycles. The lowest BCUT2D eigenvalue weighted by molar-refractivity contribution is -0.123. The van der Waals surface area contributed by atoms with Gasteiger partial charge in [0.25, 0.3) is 0 Å². The van der Waals surface area contributed by atoms with Crippen LogP contribution in [0.25, 0.3) is 0 Å². The first-order chi connectivity index (χ1) is 7.37. The summed E-state index contributed by atoms with van der Waals surface area (Å²) in [5.41, 5.74) is 0.0623. The van der Waals surface area contributed by atoms with E-state index in [0.29, 0.717) is 12.3 Å². The largest absolute Gasteiger partial charge is 0.393 e. The summed E-state index contributed by atoms with van der Waals surface area (Å²) in [6.45, 7) is 7.00. The molecule has 0 heterocycles. The van der Waals surface area contributed by atoms with Crippen LogP contribution in [0.5, 0.6) is 0 Å². The number of aliphatic hydroxyl groups is 1. The molecule has 94 valence electrons. The fourth-order valence-corrected chi connectivity index (χ4v) is 2.15. The number of rotatable bonds is 3. The molecule has 2 N–H and O–H groups in total. The Labute approximate surface area is 98.6 Å². The molecular weight excluding hydrogens is 202 g/mol. The molecule has 0 radical (unpaired) electrons. The third-order valence-corrected chi connectivity index (χ3v) is 3.10. The second kappa shape index (κ2) is 5.67. The van der Waals surface area contributed by atoms with Crippen molar-refractivity contribution < 1.29 is 9.90 Å². The number of carbonyl (C=O) groups is 1. The van der Waals surface area contributed by atoms with Crippen LogP contribution in [0.2, 0.25) is 0 Å². The number of amides is 1. The van der Waals surface area contributed by atoms with Crippen LogP contribution in [0, 0.1) is 11.3 Å². The van der Waals surface area contributed by atoms with E-state index >= 15 is 0 Å². The van der Waals surface area contributed by atoms with Gasteiger partial charge in [-0.05, 0) is 37.0 Å². The van der Waals surface area contributed by atoms with Crippen molar-refractivity contribution in [1.82, 2.24) is 5.32 Å². The van der Waals surface area contributed by atoms with Gasteiger partial charge in [-0.1, -0.05) is 20.8 Å². The molecule has 1 rings (SSSR count). The van der Waals surface area contributed by atoms with Crippen LogP contribution >= 0.6 is 0 Å². The quantitative estimate of drug-likeness (QED) is 0.775. The van der Waals surface area contributed by atoms with Gasteiger partial charge in [-0.3, -0.25) is 4.79 Å². The van der Waals surface area contributed by atoms with Crippen molar-refractivity contribution >= 4 is 5.91 Å². The fourth-order valence-electron chi connectivity index (χ4n) is 2.15. The maximum atomic E-state index is 11.6. The van der Waals surface area contributed by atoms with E-state index in [0.717, 1.165) is 32.2 Å². The average molecular weight is 227 g/mol. The van der Waals surface area contributed by atoms with E-state index in [9.17, 15) is 9.90 Å². The first kappa shape index (κ1) is 13.5. The number of aliphatic hydroxyl groups excluding tert-OH is 1. The van der Waals surface area contributed by atoms with Crippen LogP contribution in [0.3, 0.4) is 0 Å². The highest BCUT2D eigenvalue weighted by Crippen LogP contribution is 2.23. The zero-order valence-electron chi connectivity index (χ0n) is 10.8. The van der Waals surface area contributed by atoms with E-state index < -0.39 is 0 Å². The van der Waals surface area contributed by atoms with E-state index in [4.69, 9.17) is 0 Å². The smallest absolute Gasteiger partial charge is 0.220 e. The minimum atomic E-state index is -0.110. The Balaban J connectivity index is 2.17. The van der Waals surface area contributed by atoms with Gasteiger partial charge in [0.15, 0.2) is 0 Å².